The van der Waals surface area contributed by atoms with Gasteiger partial charge in [0.15, 0.2) is 11.6 Å². The zero-order valence-electron chi connectivity index (χ0n) is 28.6. The summed E-state index contributed by atoms with van der Waals surface area (Å²) in [6, 6.07) is 13.3. The number of ketones is 2. The van der Waals surface area contributed by atoms with Crippen LogP contribution < -0.4 is 5.32 Å². The molecule has 7 rings (SSSR count). The van der Waals surface area contributed by atoms with Gasteiger partial charge in [-0.2, -0.15) is 5.10 Å². The summed E-state index contributed by atoms with van der Waals surface area (Å²) < 4.78 is 1.69. The van der Waals surface area contributed by atoms with Gasteiger partial charge in [0.2, 0.25) is 11.8 Å². The Morgan fingerprint density at radius 2 is 1.71 bits per heavy atom. The van der Waals surface area contributed by atoms with Gasteiger partial charge in [-0.1, -0.05) is 50.1 Å². The fourth-order valence-electron chi connectivity index (χ4n) is 8.06. The molecule has 3 aliphatic rings. The number of amides is 2. The van der Waals surface area contributed by atoms with Gasteiger partial charge in [0.1, 0.15) is 18.1 Å². The van der Waals surface area contributed by atoms with Crippen LogP contribution in [0.25, 0.3) is 22.0 Å². The van der Waals surface area contributed by atoms with Gasteiger partial charge in [0.05, 0.1) is 11.6 Å². The van der Waals surface area contributed by atoms with Crippen LogP contribution in [-0.4, -0.2) is 66.7 Å². The minimum Gasteiger partial charge on any atom is -0.355 e. The number of carbonyl (C=O) groups is 4. The van der Waals surface area contributed by atoms with E-state index in [1.54, 1.807) is 22.0 Å². The van der Waals surface area contributed by atoms with Gasteiger partial charge in [-0.05, 0) is 73.8 Å². The van der Waals surface area contributed by atoms with Gasteiger partial charge in [-0.3, -0.25) is 23.9 Å². The zero-order valence-corrected chi connectivity index (χ0v) is 28.6. The molecule has 254 valence electrons. The van der Waals surface area contributed by atoms with Crippen LogP contribution in [0.4, 0.5) is 0 Å². The number of aryl methyl sites for hydroxylation is 2. The molecule has 2 amide bonds. The topological polar surface area (TPSA) is 127 Å². The third kappa shape index (κ3) is 6.53. The van der Waals surface area contributed by atoms with Gasteiger partial charge >= 0.3 is 0 Å². The standard InChI is InChI=1S/C39H44N6O4/c1-24(27-11-8-6-9-12-27)15-33(47)32-18-39-19-34(39)45(32)36(49)22-44-38-28(13-7-4-5-10-14-35(48)42-23-39)16-29(30-20-40-26(3)41-21-30)17-31(38)37(43-44)25(2)46/h6,8-9,11-12,16-17,20-21,24,32,34H,4-5,7,10,13-15,18-19,22-23H2,1-3H3,(H,42,48)/t24-,32-,34+,39-/m0/s1. The van der Waals surface area contributed by atoms with Crippen molar-refractivity contribution < 1.29 is 19.2 Å². The highest BCUT2D eigenvalue weighted by Crippen LogP contribution is 2.59. The molecule has 4 heterocycles. The second-order valence-corrected chi connectivity index (χ2v) is 14.4. The van der Waals surface area contributed by atoms with E-state index in [4.69, 9.17) is 5.10 Å². The lowest BCUT2D eigenvalue weighted by Crippen LogP contribution is -2.45. The molecule has 1 N–H and O–H groups in total. The summed E-state index contributed by atoms with van der Waals surface area (Å²) in [4.78, 5) is 64.9. The molecular weight excluding hydrogens is 616 g/mol. The number of Topliss-reactive ketones (excluding diaryl/α,β-unsaturated/α-hetero) is 2. The van der Waals surface area contributed by atoms with Crippen LogP contribution in [0.2, 0.25) is 0 Å². The van der Waals surface area contributed by atoms with Crippen molar-refractivity contribution in [3.05, 3.63) is 77.5 Å². The number of nitrogens with zero attached hydrogens (tertiary/aromatic N) is 5. The van der Waals surface area contributed by atoms with Crippen LogP contribution in [0.15, 0.2) is 54.9 Å². The first-order chi connectivity index (χ1) is 23.6. The van der Waals surface area contributed by atoms with Crippen molar-refractivity contribution in [2.45, 2.75) is 103 Å². The van der Waals surface area contributed by atoms with Gasteiger partial charge in [0.25, 0.3) is 0 Å². The second kappa shape index (κ2) is 13.3. The smallest absolute Gasteiger partial charge is 0.245 e. The van der Waals surface area contributed by atoms with E-state index in [1.807, 2.05) is 50.2 Å². The van der Waals surface area contributed by atoms with E-state index in [1.165, 1.54) is 6.92 Å². The number of nitrogens with one attached hydrogen (secondary N) is 1. The fourth-order valence-corrected chi connectivity index (χ4v) is 8.06. The molecule has 0 spiro atoms. The Morgan fingerprint density at radius 3 is 2.45 bits per heavy atom. The molecule has 1 aliphatic carbocycles. The minimum atomic E-state index is -0.574. The van der Waals surface area contributed by atoms with Crippen LogP contribution in [-0.2, 0) is 27.3 Å². The molecule has 49 heavy (non-hydrogen) atoms. The third-order valence-corrected chi connectivity index (χ3v) is 10.8. The molecular formula is C39H44N6O4. The largest absolute Gasteiger partial charge is 0.355 e. The lowest BCUT2D eigenvalue weighted by atomic mass is 9.90. The van der Waals surface area contributed by atoms with Crippen molar-refractivity contribution in [3.8, 4) is 11.1 Å². The lowest BCUT2D eigenvalue weighted by Gasteiger charge is -2.28. The van der Waals surface area contributed by atoms with E-state index in [0.29, 0.717) is 49.1 Å². The van der Waals surface area contributed by atoms with Crippen molar-refractivity contribution in [2.24, 2.45) is 5.41 Å². The van der Waals surface area contributed by atoms with Crippen LogP contribution in [0.1, 0.15) is 98.6 Å². The highest BCUT2D eigenvalue weighted by Gasteiger charge is 2.66. The van der Waals surface area contributed by atoms with Crippen LogP contribution in [0.3, 0.4) is 0 Å². The summed E-state index contributed by atoms with van der Waals surface area (Å²) >= 11 is 0. The normalized spacial score (nSPS) is 23.4. The average molecular weight is 661 g/mol. The molecule has 2 aliphatic heterocycles. The van der Waals surface area contributed by atoms with E-state index in [9.17, 15) is 19.2 Å². The van der Waals surface area contributed by atoms with Crippen LogP contribution in [0, 0.1) is 12.3 Å². The Morgan fingerprint density at radius 1 is 0.980 bits per heavy atom. The Balaban J connectivity index is 1.27. The Kier molecular flexibility index (Phi) is 8.90. The molecule has 0 radical (unpaired) electrons. The van der Waals surface area contributed by atoms with Crippen molar-refractivity contribution in [1.29, 1.82) is 0 Å². The molecule has 0 unspecified atom stereocenters. The highest BCUT2D eigenvalue weighted by molar-refractivity contribution is 6.07. The van der Waals surface area contributed by atoms with Crippen molar-refractivity contribution in [3.63, 3.8) is 0 Å². The molecule has 4 aromatic rings. The molecule has 2 aromatic heterocycles. The van der Waals surface area contributed by atoms with Crippen molar-refractivity contribution in [2.75, 3.05) is 6.54 Å². The molecule has 10 nitrogen and oxygen atoms in total. The maximum absolute atomic E-state index is 14.5. The van der Waals surface area contributed by atoms with Crippen LogP contribution in [0.5, 0.6) is 0 Å². The highest BCUT2D eigenvalue weighted by atomic mass is 16.2. The monoisotopic (exact) mass is 660 g/mol. The Labute approximate surface area is 286 Å². The minimum absolute atomic E-state index is 0.00708. The first-order valence-corrected chi connectivity index (χ1v) is 17.6. The van der Waals surface area contributed by atoms with E-state index < -0.39 is 6.04 Å². The first kappa shape index (κ1) is 32.8. The molecule has 1 saturated heterocycles. The fraction of sp³-hybridized carbons (Fsp3) is 0.462. The molecule has 2 fully saturated rings. The summed E-state index contributed by atoms with van der Waals surface area (Å²) in [5.41, 5.74) is 4.60. The summed E-state index contributed by atoms with van der Waals surface area (Å²) in [5, 5.41) is 8.62. The SMILES string of the molecule is CC(=O)c1nn2c3c(cc(-c4cnc(C)nc4)cc13)CCCCCCC(=O)NC[C@@]13C[C@@H](C(=O)C[C@H](C)c4ccccc4)N(C(=O)C2)[C@@H]1C3. The zero-order chi connectivity index (χ0) is 34.3. The van der Waals surface area contributed by atoms with Gasteiger partial charge in [0, 0.05) is 61.1 Å². The van der Waals surface area contributed by atoms with Crippen molar-refractivity contribution in [1.82, 2.24) is 30.0 Å². The summed E-state index contributed by atoms with van der Waals surface area (Å²) in [6.45, 7) is 5.77. The lowest BCUT2D eigenvalue weighted by molar-refractivity contribution is -0.139. The molecule has 2 aromatic carbocycles. The maximum Gasteiger partial charge on any atom is 0.245 e. The number of rotatable bonds is 6. The summed E-state index contributed by atoms with van der Waals surface area (Å²) in [7, 11) is 0. The number of piperidine rings is 1. The van der Waals surface area contributed by atoms with E-state index in [-0.39, 0.29) is 47.3 Å². The average Bonchev–Trinajstić information content (AvgIpc) is 3.50. The summed E-state index contributed by atoms with van der Waals surface area (Å²) in [6.07, 6.45) is 9.91. The Bertz CT molecular complexity index is 1920. The molecule has 1 saturated carbocycles. The number of hydrogen-bond acceptors (Lipinski definition) is 7. The van der Waals surface area contributed by atoms with E-state index in [2.05, 4.69) is 21.4 Å². The van der Waals surface area contributed by atoms with Gasteiger partial charge in [-0.15, -0.1) is 0 Å². The molecule has 4 atom stereocenters. The predicted octanol–water partition coefficient (Wildman–Crippen LogP) is 5.75. The van der Waals surface area contributed by atoms with Crippen LogP contribution >= 0.6 is 0 Å². The van der Waals surface area contributed by atoms with E-state index >= 15 is 0 Å². The van der Waals surface area contributed by atoms with Crippen molar-refractivity contribution >= 4 is 34.3 Å². The van der Waals surface area contributed by atoms with Gasteiger partial charge < -0.3 is 10.2 Å². The number of aromatic nitrogens is 4. The maximum atomic E-state index is 14.5. The Hall–Kier alpha value is -4.73. The number of hydrogen-bond donors (Lipinski definition) is 1. The molecule has 2 bridgehead atoms. The number of benzene rings is 2. The van der Waals surface area contributed by atoms with Gasteiger partial charge in [-0.25, -0.2) is 9.97 Å². The molecule has 10 heteroatoms. The predicted molar refractivity (Wildman–Crippen MR) is 186 cm³/mol. The quantitative estimate of drug-likeness (QED) is 0.261. The van der Waals surface area contributed by atoms with E-state index in [0.717, 1.165) is 59.9 Å². The number of carbonyl (C=O) groups excluding carboxylic acids is 4. The summed E-state index contributed by atoms with van der Waals surface area (Å²) in [5.74, 6) is 0.382. The second-order valence-electron chi connectivity index (χ2n) is 14.4. The first-order valence-electron chi connectivity index (χ1n) is 17.6. The third-order valence-electron chi connectivity index (χ3n) is 10.8.